The Morgan fingerprint density at radius 3 is 2.45 bits per heavy atom. The number of esters is 1. The van der Waals surface area contributed by atoms with Gasteiger partial charge < -0.3 is 29.7 Å². The predicted octanol–water partition coefficient (Wildman–Crippen LogP) is 5.27. The van der Waals surface area contributed by atoms with E-state index in [-0.39, 0.29) is 35.3 Å². The van der Waals surface area contributed by atoms with E-state index >= 15 is 0 Å². The standard InChI is InChI=1S/C33H23N3O7S/c34-17-31-36-26-9-5-21(16-29(26)44-31)41-11-1-10-35-30(39)13-18-2-6-22-25(12-18)33(43-32(22)40)23-7-3-19(37)14-27(23)42-28-15-20(38)4-8-24(28)33/h2-9,12,14-16,37-38H,1,10-11,13H2,(H,35,39). The molecule has 0 bridgehead atoms. The quantitative estimate of drug-likeness (QED) is 0.166. The number of benzene rings is 4. The van der Waals surface area contributed by atoms with Crippen LogP contribution in [0.3, 0.4) is 0 Å². The first-order chi connectivity index (χ1) is 21.3. The summed E-state index contributed by atoms with van der Waals surface area (Å²) in [5.41, 5.74) is 1.97. The highest BCUT2D eigenvalue weighted by Gasteiger charge is 2.53. The van der Waals surface area contributed by atoms with Crippen LogP contribution in [0.5, 0.6) is 28.7 Å². The fourth-order valence-corrected chi connectivity index (χ4v) is 6.43. The van der Waals surface area contributed by atoms with Crippen molar-refractivity contribution in [3.05, 3.63) is 106 Å². The molecule has 11 heteroatoms. The third-order valence-corrected chi connectivity index (χ3v) is 8.49. The van der Waals surface area contributed by atoms with Crippen LogP contribution in [0.2, 0.25) is 0 Å². The number of carbonyl (C=O) groups is 2. The number of phenols is 2. The van der Waals surface area contributed by atoms with Crippen molar-refractivity contribution >= 4 is 33.4 Å². The maximum absolute atomic E-state index is 13.1. The lowest BCUT2D eigenvalue weighted by atomic mass is 9.77. The number of thiazole rings is 1. The highest BCUT2D eigenvalue weighted by atomic mass is 32.1. The largest absolute Gasteiger partial charge is 0.508 e. The number of hydrogen-bond acceptors (Lipinski definition) is 10. The van der Waals surface area contributed by atoms with Gasteiger partial charge in [-0.15, -0.1) is 11.3 Å². The minimum atomic E-state index is -1.39. The van der Waals surface area contributed by atoms with Crippen molar-refractivity contribution in [3.63, 3.8) is 0 Å². The SMILES string of the molecule is N#Cc1nc2ccc(OCCCNC(=O)Cc3ccc4c(c3)C3(OC4=O)c4ccc(O)cc4Oc4cc(O)ccc43)cc2s1. The first-order valence-corrected chi connectivity index (χ1v) is 14.6. The average molecular weight is 606 g/mol. The van der Waals surface area contributed by atoms with E-state index in [2.05, 4.69) is 10.3 Å². The maximum atomic E-state index is 13.1. The Hall–Kier alpha value is -5.60. The Balaban J connectivity index is 1.06. The summed E-state index contributed by atoms with van der Waals surface area (Å²) >= 11 is 1.31. The zero-order chi connectivity index (χ0) is 30.4. The molecule has 0 saturated carbocycles. The van der Waals surface area contributed by atoms with Crippen LogP contribution in [0, 0.1) is 11.3 Å². The number of aromatic nitrogens is 1. The van der Waals surface area contributed by atoms with Crippen LogP contribution in [0.15, 0.2) is 72.8 Å². The van der Waals surface area contributed by atoms with E-state index in [1.165, 1.54) is 35.6 Å². The molecule has 4 aromatic carbocycles. The number of nitrogens with zero attached hydrogens (tertiary/aromatic N) is 2. The van der Waals surface area contributed by atoms with Gasteiger partial charge in [-0.2, -0.15) is 5.26 Å². The molecule has 0 atom stereocenters. The molecule has 2 aliphatic rings. The molecule has 0 unspecified atom stereocenters. The van der Waals surface area contributed by atoms with Gasteiger partial charge in [0.1, 0.15) is 34.8 Å². The van der Waals surface area contributed by atoms with E-state index in [9.17, 15) is 19.8 Å². The van der Waals surface area contributed by atoms with Crippen LogP contribution in [0.1, 0.15) is 44.0 Å². The van der Waals surface area contributed by atoms with Crippen molar-refractivity contribution in [1.82, 2.24) is 10.3 Å². The van der Waals surface area contributed by atoms with Gasteiger partial charge in [-0.05, 0) is 66.6 Å². The Bertz CT molecular complexity index is 1980. The van der Waals surface area contributed by atoms with Crippen LogP contribution in [0.4, 0.5) is 0 Å². The van der Waals surface area contributed by atoms with Gasteiger partial charge in [0.05, 0.1) is 28.8 Å². The number of ether oxygens (including phenoxy) is 3. The summed E-state index contributed by atoms with van der Waals surface area (Å²) in [5.74, 6) is 0.456. The van der Waals surface area contributed by atoms with E-state index < -0.39 is 11.6 Å². The topological polar surface area (TPSA) is 151 Å². The van der Waals surface area contributed by atoms with Gasteiger partial charge in [-0.3, -0.25) is 4.79 Å². The highest BCUT2D eigenvalue weighted by Crippen LogP contribution is 2.57. The van der Waals surface area contributed by atoms with Gasteiger partial charge in [-0.25, -0.2) is 9.78 Å². The Morgan fingerprint density at radius 2 is 1.73 bits per heavy atom. The molecule has 1 aromatic heterocycles. The molecule has 0 aliphatic carbocycles. The van der Waals surface area contributed by atoms with Gasteiger partial charge in [0.15, 0.2) is 10.6 Å². The van der Waals surface area contributed by atoms with E-state index in [1.807, 2.05) is 18.2 Å². The van der Waals surface area contributed by atoms with Gasteiger partial charge >= 0.3 is 5.97 Å². The summed E-state index contributed by atoms with van der Waals surface area (Å²) in [6.45, 7) is 0.796. The maximum Gasteiger partial charge on any atom is 0.340 e. The molecule has 3 N–H and O–H groups in total. The molecule has 7 rings (SSSR count). The molecular formula is C33H23N3O7S. The van der Waals surface area contributed by atoms with Crippen molar-refractivity contribution in [1.29, 1.82) is 5.26 Å². The van der Waals surface area contributed by atoms with Gasteiger partial charge in [0, 0.05) is 35.4 Å². The van der Waals surface area contributed by atoms with Crippen molar-refractivity contribution < 1.29 is 34.0 Å². The number of nitrogens with one attached hydrogen (secondary N) is 1. The molecule has 10 nitrogen and oxygen atoms in total. The van der Waals surface area contributed by atoms with Crippen LogP contribution in [0.25, 0.3) is 10.2 Å². The fraction of sp³-hybridized carbons (Fsp3) is 0.152. The van der Waals surface area contributed by atoms with Crippen LogP contribution >= 0.6 is 11.3 Å². The van der Waals surface area contributed by atoms with Crippen LogP contribution < -0.4 is 14.8 Å². The van der Waals surface area contributed by atoms with E-state index in [0.717, 1.165) is 10.2 Å². The molecule has 3 heterocycles. The summed E-state index contributed by atoms with van der Waals surface area (Å²) < 4.78 is 18.8. The summed E-state index contributed by atoms with van der Waals surface area (Å²) in [7, 11) is 0. The molecule has 1 amide bonds. The monoisotopic (exact) mass is 605 g/mol. The summed E-state index contributed by atoms with van der Waals surface area (Å²) in [5, 5.41) is 32.6. The minimum absolute atomic E-state index is 0.0297. The molecule has 0 radical (unpaired) electrons. The lowest BCUT2D eigenvalue weighted by Gasteiger charge is -2.36. The van der Waals surface area contributed by atoms with Crippen molar-refractivity contribution in [2.75, 3.05) is 13.2 Å². The number of carbonyl (C=O) groups excluding carboxylic acids is 2. The number of aromatic hydroxyl groups is 2. The number of phenolic OH excluding ortho intramolecular Hbond substituents is 2. The van der Waals surface area contributed by atoms with Crippen molar-refractivity contribution in [2.45, 2.75) is 18.4 Å². The van der Waals surface area contributed by atoms with Crippen molar-refractivity contribution in [3.8, 4) is 34.8 Å². The second-order valence-corrected chi connectivity index (χ2v) is 11.4. The van der Waals surface area contributed by atoms with Crippen LogP contribution in [-0.2, 0) is 21.6 Å². The van der Waals surface area contributed by atoms with Gasteiger partial charge in [-0.1, -0.05) is 6.07 Å². The lowest BCUT2D eigenvalue weighted by molar-refractivity contribution is -0.120. The number of nitriles is 1. The van der Waals surface area contributed by atoms with E-state index in [4.69, 9.17) is 19.5 Å². The number of fused-ring (bicyclic) bond motifs is 7. The van der Waals surface area contributed by atoms with Crippen LogP contribution in [-0.4, -0.2) is 40.2 Å². The third-order valence-electron chi connectivity index (χ3n) is 7.57. The number of hydrogen-bond donors (Lipinski definition) is 3. The summed E-state index contributed by atoms with van der Waals surface area (Å²) in [6, 6.07) is 21.8. The van der Waals surface area contributed by atoms with E-state index in [1.54, 1.807) is 36.4 Å². The van der Waals surface area contributed by atoms with Gasteiger partial charge in [0.25, 0.3) is 0 Å². The fourth-order valence-electron chi connectivity index (χ4n) is 5.64. The minimum Gasteiger partial charge on any atom is -0.508 e. The first kappa shape index (κ1) is 27.2. The molecule has 1 spiro atoms. The Kier molecular flexibility index (Phi) is 6.56. The normalized spacial score (nSPS) is 13.8. The average Bonchev–Trinajstić information content (AvgIpc) is 3.55. The van der Waals surface area contributed by atoms with Crippen molar-refractivity contribution in [2.24, 2.45) is 0 Å². The molecule has 44 heavy (non-hydrogen) atoms. The molecule has 5 aromatic rings. The second-order valence-electron chi connectivity index (χ2n) is 10.4. The molecular weight excluding hydrogens is 582 g/mol. The van der Waals surface area contributed by atoms with Gasteiger partial charge in [0.2, 0.25) is 5.91 Å². The Labute approximate surface area is 254 Å². The first-order valence-electron chi connectivity index (χ1n) is 13.8. The summed E-state index contributed by atoms with van der Waals surface area (Å²) in [4.78, 5) is 30.2. The number of amides is 1. The smallest absolute Gasteiger partial charge is 0.340 e. The second kappa shape index (κ2) is 10.6. The molecule has 2 aliphatic heterocycles. The van der Waals surface area contributed by atoms with E-state index in [0.29, 0.717) is 58.1 Å². The third kappa shape index (κ3) is 4.62. The zero-order valence-corrected chi connectivity index (χ0v) is 23.8. The molecule has 218 valence electrons. The molecule has 0 saturated heterocycles. The predicted molar refractivity (Wildman–Crippen MR) is 159 cm³/mol. The lowest BCUT2D eigenvalue weighted by Crippen LogP contribution is -2.33. The highest BCUT2D eigenvalue weighted by molar-refractivity contribution is 7.19. The zero-order valence-electron chi connectivity index (χ0n) is 23.0. The number of rotatable bonds is 7. The Morgan fingerprint density at radius 1 is 0.977 bits per heavy atom. The summed E-state index contributed by atoms with van der Waals surface area (Å²) in [6.07, 6.45) is 0.655. The molecule has 0 fully saturated rings.